The minimum absolute atomic E-state index is 0.150. The van der Waals surface area contributed by atoms with Crippen LogP contribution in [0.25, 0.3) is 11.2 Å². The number of furan rings is 1. The van der Waals surface area contributed by atoms with Gasteiger partial charge in [-0.05, 0) is 6.92 Å². The summed E-state index contributed by atoms with van der Waals surface area (Å²) < 4.78 is 10.6. The number of hydrogen-bond donors (Lipinski definition) is 0. The molecular weight excluding hydrogens is 182 g/mol. The van der Waals surface area contributed by atoms with Crippen LogP contribution in [0.3, 0.4) is 0 Å². The quantitative estimate of drug-likeness (QED) is 0.692. The fourth-order valence-electron chi connectivity index (χ4n) is 1.26. The third kappa shape index (κ3) is 1.19. The first-order valence-corrected chi connectivity index (χ1v) is 4.29. The van der Waals surface area contributed by atoms with Crippen molar-refractivity contribution in [1.29, 1.82) is 0 Å². The van der Waals surface area contributed by atoms with Gasteiger partial charge in [-0.2, -0.15) is 0 Å². The lowest BCUT2D eigenvalue weighted by Gasteiger charge is -2.09. The van der Waals surface area contributed by atoms with Crippen molar-refractivity contribution < 1.29 is 8.83 Å². The Hall–Kier alpha value is -1.71. The van der Waals surface area contributed by atoms with E-state index in [0.29, 0.717) is 11.5 Å². The topological polar surface area (TPSA) is 46.6 Å². The predicted octanol–water partition coefficient (Wildman–Crippen LogP) is 1.76. The Bertz CT molecular complexity index is 522. The molecule has 2 heterocycles. The summed E-state index contributed by atoms with van der Waals surface area (Å²) in [5.41, 5.74) is 1.50. The molecule has 0 saturated carbocycles. The molecule has 4 nitrogen and oxygen atoms in total. The summed E-state index contributed by atoms with van der Waals surface area (Å²) in [5.74, 6) is 0.534. The second kappa shape index (κ2) is 2.90. The van der Waals surface area contributed by atoms with Gasteiger partial charge in [0, 0.05) is 19.7 Å². The highest BCUT2D eigenvalue weighted by Gasteiger charge is 2.11. The molecule has 0 bridgehead atoms. The summed E-state index contributed by atoms with van der Waals surface area (Å²) in [6, 6.07) is 1.42. The van der Waals surface area contributed by atoms with Gasteiger partial charge in [-0.15, -0.1) is 0 Å². The molecule has 2 aromatic heterocycles. The number of nitrogens with zero attached hydrogens (tertiary/aromatic N) is 1. The van der Waals surface area contributed by atoms with Crippen molar-refractivity contribution in [3.63, 3.8) is 0 Å². The Labute approximate surface area is 80.7 Å². The molecule has 0 fully saturated rings. The highest BCUT2D eigenvalue weighted by Crippen LogP contribution is 2.21. The van der Waals surface area contributed by atoms with Crippen molar-refractivity contribution in [2.75, 3.05) is 19.0 Å². The van der Waals surface area contributed by atoms with Crippen LogP contribution in [0.4, 0.5) is 5.88 Å². The second-order valence-corrected chi connectivity index (χ2v) is 3.42. The third-order valence-corrected chi connectivity index (χ3v) is 2.04. The second-order valence-electron chi connectivity index (χ2n) is 3.42. The molecule has 2 aromatic rings. The van der Waals surface area contributed by atoms with Gasteiger partial charge < -0.3 is 13.7 Å². The molecule has 0 saturated heterocycles. The lowest BCUT2D eigenvalue weighted by atomic mass is 10.3. The smallest absolute Gasteiger partial charge is 0.230 e. The SMILES string of the molecule is Cc1coc2c(=O)cc(N(C)C)oc12. The first-order chi connectivity index (χ1) is 6.59. The summed E-state index contributed by atoms with van der Waals surface area (Å²) in [7, 11) is 3.64. The molecule has 0 unspecified atom stereocenters. The van der Waals surface area contributed by atoms with Crippen molar-refractivity contribution in [2.24, 2.45) is 0 Å². The van der Waals surface area contributed by atoms with Crippen molar-refractivity contribution in [3.05, 3.63) is 28.1 Å². The van der Waals surface area contributed by atoms with E-state index in [1.165, 1.54) is 12.3 Å². The van der Waals surface area contributed by atoms with Crippen molar-refractivity contribution in [2.45, 2.75) is 6.92 Å². The van der Waals surface area contributed by atoms with E-state index in [4.69, 9.17) is 8.83 Å². The standard InChI is InChI=1S/C10H11NO3/c1-6-5-13-10-7(12)4-8(11(2)3)14-9(6)10/h4-5H,1-3H3. The minimum Gasteiger partial charge on any atom is -0.456 e. The monoisotopic (exact) mass is 193 g/mol. The summed E-state index contributed by atoms with van der Waals surface area (Å²) >= 11 is 0. The molecular formula is C10H11NO3. The van der Waals surface area contributed by atoms with Crippen LogP contribution in [0.2, 0.25) is 0 Å². The number of rotatable bonds is 1. The highest BCUT2D eigenvalue weighted by atomic mass is 16.4. The van der Waals surface area contributed by atoms with E-state index in [0.717, 1.165) is 5.56 Å². The van der Waals surface area contributed by atoms with Crippen LogP contribution in [-0.2, 0) is 0 Å². The fourth-order valence-corrected chi connectivity index (χ4v) is 1.26. The Morgan fingerprint density at radius 3 is 2.64 bits per heavy atom. The van der Waals surface area contributed by atoms with Gasteiger partial charge in [0.1, 0.15) is 0 Å². The Morgan fingerprint density at radius 1 is 1.29 bits per heavy atom. The maximum absolute atomic E-state index is 11.5. The fraction of sp³-hybridized carbons (Fsp3) is 0.300. The van der Waals surface area contributed by atoms with Crippen molar-refractivity contribution in [3.8, 4) is 0 Å². The van der Waals surface area contributed by atoms with Crippen LogP contribution in [0.1, 0.15) is 5.56 Å². The number of anilines is 1. The zero-order valence-corrected chi connectivity index (χ0v) is 8.33. The Kier molecular flexibility index (Phi) is 1.84. The predicted molar refractivity (Wildman–Crippen MR) is 53.8 cm³/mol. The van der Waals surface area contributed by atoms with Crippen LogP contribution in [0, 0.1) is 6.92 Å². The van der Waals surface area contributed by atoms with E-state index in [1.807, 2.05) is 21.0 Å². The van der Waals surface area contributed by atoms with E-state index >= 15 is 0 Å². The van der Waals surface area contributed by atoms with Gasteiger partial charge in [0.15, 0.2) is 11.5 Å². The van der Waals surface area contributed by atoms with Gasteiger partial charge in [-0.1, -0.05) is 0 Å². The van der Waals surface area contributed by atoms with E-state index in [2.05, 4.69) is 0 Å². The first-order valence-electron chi connectivity index (χ1n) is 4.29. The molecule has 0 aliphatic carbocycles. The van der Waals surface area contributed by atoms with Crippen LogP contribution in [-0.4, -0.2) is 14.1 Å². The van der Waals surface area contributed by atoms with Gasteiger partial charge in [-0.3, -0.25) is 4.79 Å². The van der Waals surface area contributed by atoms with E-state index in [-0.39, 0.29) is 11.0 Å². The van der Waals surface area contributed by atoms with Gasteiger partial charge in [0.05, 0.1) is 12.3 Å². The normalized spacial score (nSPS) is 10.8. The van der Waals surface area contributed by atoms with Crippen molar-refractivity contribution in [1.82, 2.24) is 0 Å². The summed E-state index contributed by atoms with van der Waals surface area (Å²) in [6.45, 7) is 1.84. The molecule has 0 aliphatic heterocycles. The van der Waals surface area contributed by atoms with Crippen LogP contribution in [0.15, 0.2) is 26.0 Å². The molecule has 0 amide bonds. The average molecular weight is 193 g/mol. The Balaban J connectivity index is 2.82. The molecule has 0 radical (unpaired) electrons. The molecule has 0 N–H and O–H groups in total. The molecule has 74 valence electrons. The van der Waals surface area contributed by atoms with Gasteiger partial charge in [0.2, 0.25) is 11.0 Å². The average Bonchev–Trinajstić information content (AvgIpc) is 2.48. The zero-order chi connectivity index (χ0) is 10.3. The Morgan fingerprint density at radius 2 is 2.00 bits per heavy atom. The molecule has 14 heavy (non-hydrogen) atoms. The molecule has 0 spiro atoms. The van der Waals surface area contributed by atoms with E-state index in [1.54, 1.807) is 4.90 Å². The molecule has 0 aromatic carbocycles. The van der Waals surface area contributed by atoms with Gasteiger partial charge >= 0.3 is 0 Å². The first kappa shape index (κ1) is 8.87. The van der Waals surface area contributed by atoms with E-state index < -0.39 is 0 Å². The van der Waals surface area contributed by atoms with Crippen molar-refractivity contribution >= 4 is 17.1 Å². The number of hydrogen-bond acceptors (Lipinski definition) is 4. The van der Waals surface area contributed by atoms with Gasteiger partial charge in [-0.25, -0.2) is 0 Å². The molecule has 0 aliphatic rings. The largest absolute Gasteiger partial charge is 0.456 e. The third-order valence-electron chi connectivity index (χ3n) is 2.04. The molecule has 0 atom stereocenters. The maximum Gasteiger partial charge on any atom is 0.230 e. The maximum atomic E-state index is 11.5. The van der Waals surface area contributed by atoms with Crippen LogP contribution < -0.4 is 10.3 Å². The number of aryl methyl sites for hydroxylation is 1. The lowest BCUT2D eigenvalue weighted by molar-refractivity contribution is 0.576. The van der Waals surface area contributed by atoms with Crippen LogP contribution in [0.5, 0.6) is 0 Å². The zero-order valence-electron chi connectivity index (χ0n) is 8.33. The highest BCUT2D eigenvalue weighted by molar-refractivity contribution is 5.74. The van der Waals surface area contributed by atoms with Crippen LogP contribution >= 0.6 is 0 Å². The summed E-state index contributed by atoms with van der Waals surface area (Å²) in [6.07, 6.45) is 1.52. The summed E-state index contributed by atoms with van der Waals surface area (Å²) in [4.78, 5) is 13.3. The van der Waals surface area contributed by atoms with E-state index in [9.17, 15) is 4.79 Å². The minimum atomic E-state index is -0.150. The van der Waals surface area contributed by atoms with Gasteiger partial charge in [0.25, 0.3) is 0 Å². The number of fused-ring (bicyclic) bond motifs is 1. The molecule has 2 rings (SSSR count). The lowest BCUT2D eigenvalue weighted by Crippen LogP contribution is -2.11. The molecule has 4 heteroatoms. The summed E-state index contributed by atoms with van der Waals surface area (Å²) in [5, 5.41) is 0.